The predicted molar refractivity (Wildman–Crippen MR) is 149 cm³/mol. The van der Waals surface area contributed by atoms with E-state index in [0.717, 1.165) is 12.2 Å². The Morgan fingerprint density at radius 2 is 1.83 bits per heavy atom. The fourth-order valence-corrected chi connectivity index (χ4v) is 8.99. The summed E-state index contributed by atoms with van der Waals surface area (Å²) in [6.45, 7) is 5.21. The number of fused-ring (bicyclic) bond motifs is 7. The summed E-state index contributed by atoms with van der Waals surface area (Å²) in [4.78, 5) is 76.9. The number of aliphatic hydroxyl groups excluding tert-OH is 1. The molecule has 2 N–H and O–H groups in total. The van der Waals surface area contributed by atoms with Gasteiger partial charge in [-0.15, -0.1) is 0 Å². The number of aromatic amines is 1. The Bertz CT molecular complexity index is 1750. The van der Waals surface area contributed by atoms with Gasteiger partial charge >= 0.3 is 11.7 Å². The minimum atomic E-state index is -2.42. The summed E-state index contributed by atoms with van der Waals surface area (Å²) < 4.78 is 64.3. The topological polar surface area (TPSA) is 171 Å². The predicted octanol–water partition coefficient (Wildman–Crippen LogP) is 1.64. The van der Waals surface area contributed by atoms with Crippen molar-refractivity contribution in [2.45, 2.75) is 88.8 Å². The number of allylic oxidation sites excluding steroid dienone is 4. The molecule has 4 fully saturated rings. The first-order valence-electron chi connectivity index (χ1n) is 14.9. The quantitative estimate of drug-likeness (QED) is 0.353. The highest BCUT2D eigenvalue weighted by atomic mass is 19.1. The first-order valence-corrected chi connectivity index (χ1v) is 14.9. The number of carbonyl (C=O) groups excluding carboxylic acids is 4. The third-order valence-electron chi connectivity index (χ3n) is 10.9. The summed E-state index contributed by atoms with van der Waals surface area (Å²) in [6, 6.07) is 0. The van der Waals surface area contributed by atoms with E-state index >= 15 is 8.78 Å². The van der Waals surface area contributed by atoms with Crippen molar-refractivity contribution in [2.24, 2.45) is 22.7 Å². The lowest BCUT2D eigenvalue weighted by molar-refractivity contribution is -0.249. The number of rotatable bonds is 5. The molecule has 1 aromatic heterocycles. The van der Waals surface area contributed by atoms with Gasteiger partial charge in [-0.05, 0) is 63.7 Å². The Kier molecular flexibility index (Phi) is 7.12. The fourth-order valence-electron chi connectivity index (χ4n) is 8.99. The van der Waals surface area contributed by atoms with Crippen LogP contribution in [0.25, 0.3) is 0 Å². The summed E-state index contributed by atoms with van der Waals surface area (Å²) in [5, 5.41) is 11.6. The largest absolute Gasteiger partial charge is 0.457 e. The maximum Gasteiger partial charge on any atom is 0.335 e. The number of carbonyl (C=O) groups is 4. The lowest BCUT2D eigenvalue weighted by atomic mass is 9.44. The summed E-state index contributed by atoms with van der Waals surface area (Å²) in [7, 11) is 0. The molecule has 46 heavy (non-hydrogen) atoms. The van der Waals surface area contributed by atoms with Crippen molar-refractivity contribution >= 4 is 23.4 Å². The van der Waals surface area contributed by atoms with Crippen LogP contribution in [0.3, 0.4) is 0 Å². The van der Waals surface area contributed by atoms with Gasteiger partial charge in [-0.2, -0.15) is 8.96 Å². The van der Waals surface area contributed by atoms with Crippen molar-refractivity contribution < 1.29 is 51.7 Å². The second kappa shape index (κ2) is 10.2. The zero-order valence-corrected chi connectivity index (χ0v) is 25.4. The fraction of sp³-hybridized carbons (Fsp3) is 0.613. The van der Waals surface area contributed by atoms with E-state index in [-0.39, 0.29) is 29.4 Å². The average Bonchev–Trinajstić information content (AvgIpc) is 3.38. The van der Waals surface area contributed by atoms with Crippen molar-refractivity contribution in [3.8, 4) is 0 Å². The molecule has 2 heterocycles. The monoisotopic (exact) mass is 650 g/mol. The van der Waals surface area contributed by atoms with Gasteiger partial charge in [-0.1, -0.05) is 13.0 Å². The smallest absolute Gasteiger partial charge is 0.335 e. The second-order valence-corrected chi connectivity index (χ2v) is 13.7. The molecule has 12 nitrogen and oxygen atoms in total. The number of aromatic nitrogens is 2. The van der Waals surface area contributed by atoms with Crippen molar-refractivity contribution in [3.05, 3.63) is 56.7 Å². The van der Waals surface area contributed by atoms with Crippen LogP contribution in [-0.4, -0.2) is 80.1 Å². The van der Waals surface area contributed by atoms with E-state index in [1.165, 1.54) is 13.0 Å². The van der Waals surface area contributed by atoms with E-state index in [9.17, 15) is 38.3 Å². The molecule has 5 aliphatic rings. The first-order chi connectivity index (χ1) is 21.3. The number of esters is 1. The molecule has 9 atom stereocenters. The molecule has 1 saturated heterocycles. The number of halogens is 3. The Morgan fingerprint density at radius 3 is 2.52 bits per heavy atom. The molecule has 0 radical (unpaired) electrons. The van der Waals surface area contributed by atoms with Gasteiger partial charge in [0.25, 0.3) is 5.56 Å². The standard InChI is InChI=1S/C31H33F3N2O10/c1-27(2)45-22-9-15-16-8-18(32)17-7-14(37)5-6-28(17,3)30(16,34)20(38)11-29(15,4)31(22,46-27)21(39)13-44-24(41)10-23(40)36-25(42)19(33)12-35-26(36)43/h5-7,12,15-16,18,20,22,38H,8-11,13H2,1-4H3,(H,35,43)/t15?,16?,18-,20-,22+,28-,29-,30-,31+/m0/s1. The molecule has 2 unspecified atom stereocenters. The van der Waals surface area contributed by atoms with Crippen molar-refractivity contribution in [2.75, 3.05) is 6.61 Å². The van der Waals surface area contributed by atoms with Crippen LogP contribution in [0.1, 0.15) is 58.2 Å². The lowest BCUT2D eigenvalue weighted by Gasteiger charge is -2.63. The van der Waals surface area contributed by atoms with E-state index in [2.05, 4.69) is 0 Å². The summed E-state index contributed by atoms with van der Waals surface area (Å²) in [6.07, 6.45) is -2.32. The van der Waals surface area contributed by atoms with E-state index in [1.807, 2.05) is 4.98 Å². The summed E-state index contributed by atoms with van der Waals surface area (Å²) in [5.74, 6) is -8.70. The number of alkyl halides is 2. The average molecular weight is 651 g/mol. The molecule has 0 spiro atoms. The molecule has 1 aliphatic heterocycles. The zero-order chi connectivity index (χ0) is 33.8. The van der Waals surface area contributed by atoms with Gasteiger partial charge in [0.1, 0.15) is 12.6 Å². The minimum Gasteiger partial charge on any atom is -0.457 e. The van der Waals surface area contributed by atoms with Gasteiger partial charge in [0.05, 0.1) is 12.2 Å². The van der Waals surface area contributed by atoms with Crippen LogP contribution >= 0.6 is 0 Å². The molecular formula is C31H33F3N2O10. The van der Waals surface area contributed by atoms with Gasteiger partial charge < -0.3 is 24.3 Å². The Balaban J connectivity index is 1.29. The number of ketones is 2. The molecule has 3 saturated carbocycles. The van der Waals surface area contributed by atoms with Crippen molar-refractivity contribution in [1.29, 1.82) is 0 Å². The van der Waals surface area contributed by atoms with Crippen LogP contribution in [0.4, 0.5) is 13.2 Å². The van der Waals surface area contributed by atoms with E-state index < -0.39 is 112 Å². The number of ether oxygens (including phenoxy) is 3. The lowest BCUT2D eigenvalue weighted by Crippen LogP contribution is -2.71. The van der Waals surface area contributed by atoms with Crippen LogP contribution in [0, 0.1) is 28.5 Å². The highest BCUT2D eigenvalue weighted by molar-refractivity contribution is 6.01. The van der Waals surface area contributed by atoms with Gasteiger partial charge in [0, 0.05) is 22.9 Å². The van der Waals surface area contributed by atoms with Crippen LogP contribution in [-0.2, 0) is 28.6 Å². The van der Waals surface area contributed by atoms with Crippen LogP contribution < -0.4 is 11.2 Å². The van der Waals surface area contributed by atoms with Crippen LogP contribution in [0.15, 0.2) is 39.6 Å². The number of Topliss-reactive ketones (excluding diaryl/α,β-unsaturated/α-hetero) is 1. The third kappa shape index (κ3) is 4.16. The molecule has 15 heteroatoms. The maximum absolute atomic E-state index is 17.5. The molecule has 1 aromatic rings. The number of aliphatic hydroxyl groups is 1. The van der Waals surface area contributed by atoms with Gasteiger partial charge in [-0.3, -0.25) is 24.0 Å². The molecule has 4 aliphatic carbocycles. The highest BCUT2D eigenvalue weighted by Crippen LogP contribution is 2.72. The Hall–Kier alpha value is -3.69. The third-order valence-corrected chi connectivity index (χ3v) is 10.9. The van der Waals surface area contributed by atoms with E-state index in [4.69, 9.17) is 14.2 Å². The summed E-state index contributed by atoms with van der Waals surface area (Å²) in [5.41, 5.74) is -10.2. The molecule has 0 amide bonds. The molecular weight excluding hydrogens is 617 g/mol. The minimum absolute atomic E-state index is 0.0386. The Labute approximate surface area is 259 Å². The van der Waals surface area contributed by atoms with E-state index in [0.29, 0.717) is 6.20 Å². The Morgan fingerprint density at radius 1 is 1.13 bits per heavy atom. The SMILES string of the molecule is CC1(C)O[C@@H]2CC3C4C[C@H](F)C5=CC(=O)C=C[C@]5(C)[C@@]4(F)[C@@H](O)C[C@]3(C)[C@]2(C(=O)COC(=O)CC(=O)n2c(=O)[nH]cc(F)c2=O)O1. The first kappa shape index (κ1) is 32.3. The molecule has 6 rings (SSSR count). The highest BCUT2D eigenvalue weighted by Gasteiger charge is 2.80. The molecule has 0 aromatic carbocycles. The van der Waals surface area contributed by atoms with E-state index in [1.54, 1.807) is 20.8 Å². The van der Waals surface area contributed by atoms with Gasteiger partial charge in [-0.25, -0.2) is 13.6 Å². The van der Waals surface area contributed by atoms with Gasteiger partial charge in [0.15, 0.2) is 29.4 Å². The van der Waals surface area contributed by atoms with Crippen LogP contribution in [0.5, 0.6) is 0 Å². The van der Waals surface area contributed by atoms with Crippen LogP contribution in [0.2, 0.25) is 0 Å². The number of nitrogens with one attached hydrogen (secondary N) is 1. The number of hydrogen-bond donors (Lipinski definition) is 2. The van der Waals surface area contributed by atoms with Gasteiger partial charge in [0.2, 0.25) is 17.5 Å². The maximum atomic E-state index is 17.5. The number of H-pyrrole nitrogens is 1. The number of nitrogens with zero attached hydrogens (tertiary/aromatic N) is 1. The second-order valence-electron chi connectivity index (χ2n) is 13.7. The zero-order valence-electron chi connectivity index (χ0n) is 25.4. The molecule has 0 bridgehead atoms. The molecule has 248 valence electrons. The summed E-state index contributed by atoms with van der Waals surface area (Å²) >= 11 is 0. The number of hydrogen-bond acceptors (Lipinski definition) is 10. The van der Waals surface area contributed by atoms with Crippen molar-refractivity contribution in [3.63, 3.8) is 0 Å². The normalized spacial score (nSPS) is 40.3. The van der Waals surface area contributed by atoms with Crippen molar-refractivity contribution in [1.82, 2.24) is 9.55 Å².